The zero-order valence-corrected chi connectivity index (χ0v) is 8.17. The van der Waals surface area contributed by atoms with E-state index >= 15 is 0 Å². The highest BCUT2D eigenvalue weighted by Gasteiger charge is 2.27. The van der Waals surface area contributed by atoms with Crippen LogP contribution >= 0.6 is 0 Å². The van der Waals surface area contributed by atoms with Gasteiger partial charge in [-0.05, 0) is 18.9 Å². The molecule has 5 nitrogen and oxygen atoms in total. The van der Waals surface area contributed by atoms with Crippen LogP contribution in [0.4, 0.5) is 5.82 Å². The second-order valence-corrected chi connectivity index (χ2v) is 3.90. The van der Waals surface area contributed by atoms with Gasteiger partial charge in [0.15, 0.2) is 5.82 Å². The zero-order valence-electron chi connectivity index (χ0n) is 8.17. The van der Waals surface area contributed by atoms with Crippen LogP contribution in [-0.2, 0) is 0 Å². The van der Waals surface area contributed by atoms with Crippen LogP contribution in [-0.4, -0.2) is 31.9 Å². The quantitative estimate of drug-likeness (QED) is 0.754. The number of nitrogens with zero attached hydrogens (tertiary/aromatic N) is 3. The van der Waals surface area contributed by atoms with Gasteiger partial charge < -0.3 is 10.4 Å². The van der Waals surface area contributed by atoms with Crippen molar-refractivity contribution < 1.29 is 5.11 Å². The lowest BCUT2D eigenvalue weighted by Crippen LogP contribution is -2.39. The Morgan fingerprint density at radius 1 is 1.40 bits per heavy atom. The number of aliphatic hydroxyl groups excluding tert-OH is 1. The van der Waals surface area contributed by atoms with Crippen LogP contribution in [0.2, 0.25) is 0 Å². The molecule has 0 amide bonds. The average molecular weight is 204 g/mol. The summed E-state index contributed by atoms with van der Waals surface area (Å²) in [6, 6.07) is 2.26. The van der Waals surface area contributed by atoms with Gasteiger partial charge in [0.1, 0.15) is 5.52 Å². The van der Waals surface area contributed by atoms with Gasteiger partial charge in [-0.1, -0.05) is 0 Å². The first-order chi connectivity index (χ1) is 7.33. The molecule has 2 heterocycles. The summed E-state index contributed by atoms with van der Waals surface area (Å²) in [5.41, 5.74) is 0.971. The minimum absolute atomic E-state index is 0.146. The van der Waals surface area contributed by atoms with Gasteiger partial charge in [0.25, 0.3) is 0 Å². The smallest absolute Gasteiger partial charge is 0.152 e. The van der Waals surface area contributed by atoms with Gasteiger partial charge in [-0.25, -0.2) is 9.50 Å². The van der Waals surface area contributed by atoms with Crippen LogP contribution in [0.1, 0.15) is 12.8 Å². The van der Waals surface area contributed by atoms with E-state index in [-0.39, 0.29) is 6.10 Å². The number of rotatable bonds is 2. The van der Waals surface area contributed by atoms with E-state index in [0.717, 1.165) is 24.2 Å². The molecule has 0 saturated heterocycles. The lowest BCUT2D eigenvalue weighted by Gasteiger charge is -2.32. The maximum Gasteiger partial charge on any atom is 0.152 e. The van der Waals surface area contributed by atoms with Crippen LogP contribution in [0.15, 0.2) is 24.7 Å². The first kappa shape index (κ1) is 8.67. The molecule has 0 aliphatic heterocycles. The molecule has 0 atom stereocenters. The van der Waals surface area contributed by atoms with Crippen LogP contribution in [0, 0.1) is 0 Å². The van der Waals surface area contributed by atoms with Crippen molar-refractivity contribution in [3.63, 3.8) is 0 Å². The van der Waals surface area contributed by atoms with Gasteiger partial charge in [0.2, 0.25) is 0 Å². The highest BCUT2D eigenvalue weighted by molar-refractivity contribution is 5.67. The summed E-state index contributed by atoms with van der Waals surface area (Å²) in [5.74, 6) is 0.840. The van der Waals surface area contributed by atoms with Crippen molar-refractivity contribution in [2.24, 2.45) is 0 Å². The molecule has 0 aromatic carbocycles. The zero-order chi connectivity index (χ0) is 10.3. The lowest BCUT2D eigenvalue weighted by molar-refractivity contribution is 0.0836. The summed E-state index contributed by atoms with van der Waals surface area (Å²) in [5, 5.41) is 16.6. The number of fused-ring (bicyclic) bond motifs is 1. The monoisotopic (exact) mass is 204 g/mol. The van der Waals surface area contributed by atoms with Gasteiger partial charge in [-0.3, -0.25) is 0 Å². The highest BCUT2D eigenvalue weighted by Crippen LogP contribution is 2.24. The third kappa shape index (κ3) is 1.45. The minimum Gasteiger partial charge on any atom is -0.393 e. The Morgan fingerprint density at radius 3 is 3.07 bits per heavy atom. The second-order valence-electron chi connectivity index (χ2n) is 3.90. The Bertz CT molecular complexity index is 475. The van der Waals surface area contributed by atoms with Crippen molar-refractivity contribution in [1.29, 1.82) is 0 Å². The standard InChI is InChI=1S/C10H12N4O/c15-8-5-7(6-8)13-10-9-1-2-12-14(9)4-3-11-10/h1-4,7-8,15H,5-6H2,(H,11,13). The Balaban J connectivity index is 1.87. The SMILES string of the molecule is OC1CC(Nc2nccn3nccc23)C1. The summed E-state index contributed by atoms with van der Waals surface area (Å²) in [7, 11) is 0. The molecule has 0 spiro atoms. The summed E-state index contributed by atoms with van der Waals surface area (Å²) in [4.78, 5) is 4.27. The minimum atomic E-state index is -0.146. The maximum atomic E-state index is 9.19. The van der Waals surface area contributed by atoms with E-state index < -0.39 is 0 Å². The topological polar surface area (TPSA) is 62.5 Å². The molecule has 1 aliphatic rings. The van der Waals surface area contributed by atoms with Crippen molar-refractivity contribution in [3.05, 3.63) is 24.7 Å². The van der Waals surface area contributed by atoms with Crippen molar-refractivity contribution in [2.45, 2.75) is 25.0 Å². The van der Waals surface area contributed by atoms with Crippen molar-refractivity contribution in [3.8, 4) is 0 Å². The number of aliphatic hydroxyl groups is 1. The van der Waals surface area contributed by atoms with Crippen molar-refractivity contribution in [1.82, 2.24) is 14.6 Å². The fourth-order valence-corrected chi connectivity index (χ4v) is 1.87. The van der Waals surface area contributed by atoms with Gasteiger partial charge in [0, 0.05) is 18.4 Å². The molecule has 1 saturated carbocycles. The fourth-order valence-electron chi connectivity index (χ4n) is 1.87. The number of hydrogen-bond donors (Lipinski definition) is 2. The van der Waals surface area contributed by atoms with E-state index in [4.69, 9.17) is 0 Å². The van der Waals surface area contributed by atoms with E-state index in [1.54, 1.807) is 16.9 Å². The normalized spacial score (nSPS) is 25.1. The van der Waals surface area contributed by atoms with E-state index in [2.05, 4.69) is 15.4 Å². The number of anilines is 1. The molecular formula is C10H12N4O. The summed E-state index contributed by atoms with van der Waals surface area (Å²) in [6.07, 6.45) is 6.74. The van der Waals surface area contributed by atoms with E-state index in [0.29, 0.717) is 6.04 Å². The number of hydrogen-bond acceptors (Lipinski definition) is 4. The molecule has 78 valence electrons. The number of aromatic nitrogens is 3. The molecule has 1 fully saturated rings. The van der Waals surface area contributed by atoms with Gasteiger partial charge in [-0.2, -0.15) is 5.10 Å². The van der Waals surface area contributed by atoms with Crippen LogP contribution in [0.25, 0.3) is 5.52 Å². The van der Waals surface area contributed by atoms with Gasteiger partial charge >= 0.3 is 0 Å². The molecule has 0 radical (unpaired) electrons. The maximum absolute atomic E-state index is 9.19. The van der Waals surface area contributed by atoms with Crippen LogP contribution in [0.3, 0.4) is 0 Å². The highest BCUT2D eigenvalue weighted by atomic mass is 16.3. The molecule has 2 aromatic heterocycles. The van der Waals surface area contributed by atoms with Crippen molar-refractivity contribution >= 4 is 11.3 Å². The Labute approximate surface area is 86.8 Å². The Kier molecular flexibility index (Phi) is 1.85. The van der Waals surface area contributed by atoms with Crippen LogP contribution < -0.4 is 5.32 Å². The predicted molar refractivity (Wildman–Crippen MR) is 55.6 cm³/mol. The predicted octanol–water partition coefficient (Wildman–Crippen LogP) is 0.664. The largest absolute Gasteiger partial charge is 0.393 e. The molecule has 5 heteroatoms. The number of nitrogens with one attached hydrogen (secondary N) is 1. The molecule has 1 aliphatic carbocycles. The molecular weight excluding hydrogens is 192 g/mol. The molecule has 0 bridgehead atoms. The second kappa shape index (κ2) is 3.20. The molecule has 15 heavy (non-hydrogen) atoms. The van der Waals surface area contributed by atoms with Crippen molar-refractivity contribution in [2.75, 3.05) is 5.32 Å². The Hall–Kier alpha value is -1.62. The van der Waals surface area contributed by atoms with Crippen LogP contribution in [0.5, 0.6) is 0 Å². The fraction of sp³-hybridized carbons (Fsp3) is 0.400. The van der Waals surface area contributed by atoms with E-state index in [1.165, 1.54) is 0 Å². The molecule has 2 N–H and O–H groups in total. The van der Waals surface area contributed by atoms with E-state index in [9.17, 15) is 5.11 Å². The molecule has 3 rings (SSSR count). The molecule has 0 unspecified atom stereocenters. The third-order valence-corrected chi connectivity index (χ3v) is 2.78. The molecule has 2 aromatic rings. The Morgan fingerprint density at radius 2 is 2.27 bits per heavy atom. The first-order valence-electron chi connectivity index (χ1n) is 5.06. The van der Waals surface area contributed by atoms with Gasteiger partial charge in [-0.15, -0.1) is 0 Å². The summed E-state index contributed by atoms with van der Waals surface area (Å²) in [6.45, 7) is 0. The average Bonchev–Trinajstić information content (AvgIpc) is 2.64. The van der Waals surface area contributed by atoms with Gasteiger partial charge in [0.05, 0.1) is 12.3 Å². The lowest BCUT2D eigenvalue weighted by atomic mass is 9.89. The summed E-state index contributed by atoms with van der Waals surface area (Å²) < 4.78 is 1.78. The summed E-state index contributed by atoms with van der Waals surface area (Å²) >= 11 is 0. The third-order valence-electron chi connectivity index (χ3n) is 2.78. The first-order valence-corrected chi connectivity index (χ1v) is 5.06. The van der Waals surface area contributed by atoms with E-state index in [1.807, 2.05) is 12.3 Å².